The van der Waals surface area contributed by atoms with E-state index < -0.39 is 0 Å². The smallest absolute Gasteiger partial charge is 0.243 e. The van der Waals surface area contributed by atoms with E-state index >= 15 is 0 Å². The number of benzene rings is 1. The SMILES string of the molecule is C[C@@H]1CCC[C@H](C)N1C(=O)Cn1c2ccccc2n2c(SCC(=O)NC3CCCCC3)nnc12. The monoisotopic (exact) mass is 482 g/mol. The lowest BCUT2D eigenvalue weighted by Crippen LogP contribution is -2.48. The second-order valence-electron chi connectivity index (χ2n) is 9.81. The van der Waals surface area contributed by atoms with Gasteiger partial charge in [0.2, 0.25) is 17.6 Å². The molecule has 1 aliphatic heterocycles. The summed E-state index contributed by atoms with van der Waals surface area (Å²) in [4.78, 5) is 28.0. The second-order valence-corrected chi connectivity index (χ2v) is 10.8. The number of imidazole rings is 1. The van der Waals surface area contributed by atoms with Gasteiger partial charge in [-0.15, -0.1) is 10.2 Å². The molecule has 182 valence electrons. The Morgan fingerprint density at radius 2 is 1.68 bits per heavy atom. The fraction of sp³-hybridized carbons (Fsp3) is 0.600. The largest absolute Gasteiger partial charge is 0.353 e. The van der Waals surface area contributed by atoms with E-state index in [1.165, 1.54) is 37.4 Å². The van der Waals surface area contributed by atoms with Crippen LogP contribution in [-0.2, 0) is 16.1 Å². The number of amides is 2. The van der Waals surface area contributed by atoms with Crippen molar-refractivity contribution in [2.45, 2.75) is 95.0 Å². The molecule has 8 nitrogen and oxygen atoms in total. The summed E-state index contributed by atoms with van der Waals surface area (Å²) < 4.78 is 3.94. The molecule has 0 spiro atoms. The van der Waals surface area contributed by atoms with Gasteiger partial charge in [0.1, 0.15) is 6.54 Å². The van der Waals surface area contributed by atoms with E-state index in [1.54, 1.807) is 0 Å². The van der Waals surface area contributed by atoms with E-state index in [0.29, 0.717) is 22.7 Å². The predicted molar refractivity (Wildman–Crippen MR) is 134 cm³/mol. The van der Waals surface area contributed by atoms with Crippen LogP contribution >= 0.6 is 11.8 Å². The van der Waals surface area contributed by atoms with Gasteiger partial charge in [-0.2, -0.15) is 0 Å². The van der Waals surface area contributed by atoms with Crippen molar-refractivity contribution in [1.82, 2.24) is 29.4 Å². The van der Waals surface area contributed by atoms with Crippen LogP contribution in [0.15, 0.2) is 29.4 Å². The first-order valence-electron chi connectivity index (χ1n) is 12.6. The van der Waals surface area contributed by atoms with Crippen molar-refractivity contribution in [3.8, 4) is 0 Å². The van der Waals surface area contributed by atoms with Crippen LogP contribution in [0.3, 0.4) is 0 Å². The van der Waals surface area contributed by atoms with Crippen LogP contribution in [0, 0.1) is 0 Å². The molecule has 2 amide bonds. The summed E-state index contributed by atoms with van der Waals surface area (Å²) in [6.45, 7) is 4.51. The van der Waals surface area contributed by atoms with Crippen LogP contribution in [0.5, 0.6) is 0 Å². The summed E-state index contributed by atoms with van der Waals surface area (Å²) >= 11 is 1.40. The molecule has 2 aliphatic rings. The van der Waals surface area contributed by atoms with Crippen molar-refractivity contribution in [2.24, 2.45) is 0 Å². The van der Waals surface area contributed by atoms with Gasteiger partial charge < -0.3 is 10.2 Å². The number of aromatic nitrogens is 4. The Kier molecular flexibility index (Phi) is 6.81. The molecule has 3 aromatic rings. The minimum absolute atomic E-state index is 0.0423. The maximum Gasteiger partial charge on any atom is 0.243 e. The third kappa shape index (κ3) is 4.54. The number of nitrogens with one attached hydrogen (secondary N) is 1. The molecule has 1 N–H and O–H groups in total. The Hall–Kier alpha value is -2.55. The lowest BCUT2D eigenvalue weighted by molar-refractivity contribution is -0.137. The van der Waals surface area contributed by atoms with Crippen molar-refractivity contribution >= 4 is 40.4 Å². The van der Waals surface area contributed by atoms with Crippen LogP contribution in [0.2, 0.25) is 0 Å². The number of fused-ring (bicyclic) bond motifs is 3. The average molecular weight is 483 g/mol. The molecular weight excluding hydrogens is 448 g/mol. The number of para-hydroxylation sites is 2. The molecule has 1 aliphatic carbocycles. The molecule has 0 radical (unpaired) electrons. The number of likely N-dealkylation sites (tertiary alicyclic amines) is 1. The third-order valence-corrected chi connectivity index (χ3v) is 8.28. The van der Waals surface area contributed by atoms with Gasteiger partial charge in [-0.1, -0.05) is 43.2 Å². The number of carbonyl (C=O) groups is 2. The van der Waals surface area contributed by atoms with Crippen LogP contribution in [0.4, 0.5) is 0 Å². The first-order valence-corrected chi connectivity index (χ1v) is 13.6. The van der Waals surface area contributed by atoms with Gasteiger partial charge >= 0.3 is 0 Å². The van der Waals surface area contributed by atoms with E-state index in [0.717, 1.165) is 36.7 Å². The highest BCUT2D eigenvalue weighted by atomic mass is 32.2. The average Bonchev–Trinajstić information content (AvgIpc) is 3.38. The zero-order valence-corrected chi connectivity index (χ0v) is 20.9. The second kappa shape index (κ2) is 9.98. The highest BCUT2D eigenvalue weighted by Crippen LogP contribution is 2.28. The van der Waals surface area contributed by atoms with Crippen molar-refractivity contribution in [3.05, 3.63) is 24.3 Å². The lowest BCUT2D eigenvalue weighted by atomic mass is 9.95. The van der Waals surface area contributed by atoms with Crippen LogP contribution in [-0.4, -0.2) is 59.8 Å². The first-order chi connectivity index (χ1) is 16.5. The summed E-state index contributed by atoms with van der Waals surface area (Å²) in [6, 6.07) is 8.80. The quantitative estimate of drug-likeness (QED) is 0.537. The molecule has 2 atom stereocenters. The van der Waals surface area contributed by atoms with E-state index in [4.69, 9.17) is 0 Å². The van der Waals surface area contributed by atoms with Crippen molar-refractivity contribution in [1.29, 1.82) is 0 Å². The molecule has 1 aromatic carbocycles. The maximum atomic E-state index is 13.4. The van der Waals surface area contributed by atoms with E-state index in [-0.39, 0.29) is 30.4 Å². The van der Waals surface area contributed by atoms with Crippen molar-refractivity contribution in [3.63, 3.8) is 0 Å². The fourth-order valence-corrected chi connectivity index (χ4v) is 6.41. The number of carbonyl (C=O) groups excluding carboxylic acids is 2. The van der Waals surface area contributed by atoms with Crippen LogP contribution in [0.1, 0.15) is 65.2 Å². The Morgan fingerprint density at radius 3 is 2.41 bits per heavy atom. The zero-order valence-electron chi connectivity index (χ0n) is 20.1. The summed E-state index contributed by atoms with van der Waals surface area (Å²) in [7, 11) is 0. The molecular formula is C25H34N6O2S. The van der Waals surface area contributed by atoms with Gasteiger partial charge in [0.25, 0.3) is 0 Å². The highest BCUT2D eigenvalue weighted by Gasteiger charge is 2.30. The molecule has 2 aromatic heterocycles. The summed E-state index contributed by atoms with van der Waals surface area (Å²) in [6.07, 6.45) is 9.05. The van der Waals surface area contributed by atoms with Gasteiger partial charge in [0.05, 0.1) is 16.8 Å². The standard InChI is InChI=1S/C25H34N6O2S/c1-17-9-8-10-18(2)30(17)23(33)15-29-20-13-6-7-14-21(20)31-24(29)27-28-25(31)34-16-22(32)26-19-11-4-3-5-12-19/h6-7,13-14,17-19H,3-5,8-12,15-16H2,1-2H3,(H,26,32)/t17-,18+. The molecule has 0 unspecified atom stereocenters. The Balaban J connectivity index is 1.37. The van der Waals surface area contributed by atoms with Crippen LogP contribution < -0.4 is 5.32 Å². The number of hydrogen-bond acceptors (Lipinski definition) is 5. The highest BCUT2D eigenvalue weighted by molar-refractivity contribution is 7.99. The molecule has 5 rings (SSSR count). The lowest BCUT2D eigenvalue weighted by Gasteiger charge is -2.39. The normalized spacial score (nSPS) is 21.9. The minimum atomic E-state index is 0.0423. The van der Waals surface area contributed by atoms with Gasteiger partial charge in [-0.3, -0.25) is 18.6 Å². The molecule has 3 heterocycles. The predicted octanol–water partition coefficient (Wildman–Crippen LogP) is 4.01. The molecule has 1 saturated carbocycles. The van der Waals surface area contributed by atoms with Crippen molar-refractivity contribution < 1.29 is 9.59 Å². The summed E-state index contributed by atoms with van der Waals surface area (Å²) in [5, 5.41) is 12.7. The van der Waals surface area contributed by atoms with Crippen LogP contribution in [0.25, 0.3) is 16.8 Å². The summed E-state index contributed by atoms with van der Waals surface area (Å²) in [5.41, 5.74) is 1.90. The van der Waals surface area contributed by atoms with Gasteiger partial charge in [0, 0.05) is 18.1 Å². The molecule has 9 heteroatoms. The number of nitrogens with zero attached hydrogens (tertiary/aromatic N) is 5. The molecule has 2 fully saturated rings. The van der Waals surface area contributed by atoms with E-state index in [2.05, 4.69) is 29.4 Å². The molecule has 0 bridgehead atoms. The Bertz CT molecular complexity index is 1170. The van der Waals surface area contributed by atoms with Gasteiger partial charge in [0.15, 0.2) is 5.16 Å². The van der Waals surface area contributed by atoms with E-state index in [9.17, 15) is 9.59 Å². The van der Waals surface area contributed by atoms with Gasteiger partial charge in [-0.05, 0) is 58.1 Å². The number of piperidine rings is 1. The van der Waals surface area contributed by atoms with Gasteiger partial charge in [-0.25, -0.2) is 0 Å². The third-order valence-electron chi connectivity index (χ3n) is 7.35. The number of hydrogen-bond donors (Lipinski definition) is 1. The number of thioether (sulfide) groups is 1. The fourth-order valence-electron chi connectivity index (χ4n) is 5.66. The maximum absolute atomic E-state index is 13.4. The minimum Gasteiger partial charge on any atom is -0.353 e. The summed E-state index contributed by atoms with van der Waals surface area (Å²) in [5.74, 6) is 1.10. The van der Waals surface area contributed by atoms with Crippen molar-refractivity contribution in [2.75, 3.05) is 5.75 Å². The zero-order chi connectivity index (χ0) is 23.7. The Labute approximate surface area is 204 Å². The topological polar surface area (TPSA) is 84.5 Å². The first kappa shape index (κ1) is 23.2. The molecule has 34 heavy (non-hydrogen) atoms. The number of rotatable bonds is 6. The molecule has 1 saturated heterocycles. The van der Waals surface area contributed by atoms with E-state index in [1.807, 2.05) is 38.1 Å². The Morgan fingerprint density at radius 1 is 0.971 bits per heavy atom.